The van der Waals surface area contributed by atoms with E-state index in [9.17, 15) is 4.79 Å². The molecule has 2 aromatic rings. The largest absolute Gasteiger partial charge is 0.309 e. The second-order valence-corrected chi connectivity index (χ2v) is 4.34. The number of carbonyl (C=O) groups excluding carboxylic acids is 1. The number of benzene rings is 1. The molecule has 1 aliphatic heterocycles. The Morgan fingerprint density at radius 2 is 2.21 bits per heavy atom. The fourth-order valence-corrected chi connectivity index (χ4v) is 2.12. The number of hydrogen-bond donors (Lipinski definition) is 1. The summed E-state index contributed by atoms with van der Waals surface area (Å²) in [4.78, 5) is 16.1. The Hall–Kier alpha value is -2.50. The molecule has 0 aliphatic carbocycles. The van der Waals surface area contributed by atoms with Gasteiger partial charge in [0.15, 0.2) is 5.78 Å². The van der Waals surface area contributed by atoms with E-state index in [1.165, 1.54) is 11.0 Å². The fraction of sp³-hybridized carbons (Fsp3) is 0.231. The standard InChI is InChI=1S/C13H13N5O/c19-12(7-18-9-14-8-16-18)11-6-15-17-13(11)10-4-2-1-3-5-10/h1-5,8-9,11,15H,6-7H2. The summed E-state index contributed by atoms with van der Waals surface area (Å²) in [6.45, 7) is 0.760. The summed E-state index contributed by atoms with van der Waals surface area (Å²) in [5.74, 6) is -0.148. The Labute approximate surface area is 110 Å². The summed E-state index contributed by atoms with van der Waals surface area (Å²) in [5, 5.41) is 8.19. The highest BCUT2D eigenvalue weighted by Gasteiger charge is 2.29. The second kappa shape index (κ2) is 5.01. The average Bonchev–Trinajstić information content (AvgIpc) is 3.10. The quantitative estimate of drug-likeness (QED) is 0.862. The van der Waals surface area contributed by atoms with E-state index in [1.54, 1.807) is 6.33 Å². The Kier molecular flexibility index (Phi) is 3.06. The number of hydrazone groups is 1. The molecule has 1 atom stereocenters. The third-order valence-corrected chi connectivity index (χ3v) is 3.07. The molecule has 0 radical (unpaired) electrons. The zero-order valence-corrected chi connectivity index (χ0v) is 10.2. The van der Waals surface area contributed by atoms with Gasteiger partial charge in [-0.1, -0.05) is 30.3 Å². The van der Waals surface area contributed by atoms with Crippen LogP contribution in [0.25, 0.3) is 0 Å². The molecular formula is C13H13N5O. The Balaban J connectivity index is 1.78. The number of aromatic nitrogens is 3. The maximum atomic E-state index is 12.3. The second-order valence-electron chi connectivity index (χ2n) is 4.34. The van der Waals surface area contributed by atoms with Crippen molar-refractivity contribution < 1.29 is 4.79 Å². The number of nitrogens with one attached hydrogen (secondary N) is 1. The van der Waals surface area contributed by atoms with E-state index in [1.807, 2.05) is 30.3 Å². The van der Waals surface area contributed by atoms with Gasteiger partial charge in [0.1, 0.15) is 19.2 Å². The number of nitrogens with zero attached hydrogens (tertiary/aromatic N) is 4. The van der Waals surface area contributed by atoms with Crippen molar-refractivity contribution in [1.82, 2.24) is 20.2 Å². The van der Waals surface area contributed by atoms with Crippen LogP contribution in [-0.4, -0.2) is 32.8 Å². The van der Waals surface area contributed by atoms with Crippen LogP contribution >= 0.6 is 0 Å². The van der Waals surface area contributed by atoms with Gasteiger partial charge in [-0.15, -0.1) is 0 Å². The van der Waals surface area contributed by atoms with Crippen LogP contribution in [0, 0.1) is 5.92 Å². The van der Waals surface area contributed by atoms with E-state index in [2.05, 4.69) is 20.6 Å². The Morgan fingerprint density at radius 3 is 2.95 bits per heavy atom. The van der Waals surface area contributed by atoms with Crippen LogP contribution in [-0.2, 0) is 11.3 Å². The van der Waals surface area contributed by atoms with Gasteiger partial charge in [-0.2, -0.15) is 10.2 Å². The summed E-state index contributed by atoms with van der Waals surface area (Å²) in [5.41, 5.74) is 4.68. The van der Waals surface area contributed by atoms with Gasteiger partial charge in [0, 0.05) is 6.54 Å². The molecule has 1 N–H and O–H groups in total. The molecule has 1 unspecified atom stereocenters. The summed E-state index contributed by atoms with van der Waals surface area (Å²) in [7, 11) is 0. The van der Waals surface area contributed by atoms with Crippen molar-refractivity contribution in [2.24, 2.45) is 11.0 Å². The van der Waals surface area contributed by atoms with E-state index < -0.39 is 0 Å². The molecule has 0 amide bonds. The molecule has 19 heavy (non-hydrogen) atoms. The molecule has 0 saturated heterocycles. The minimum atomic E-state index is -0.230. The molecule has 0 spiro atoms. The summed E-state index contributed by atoms with van der Waals surface area (Å²) >= 11 is 0. The van der Waals surface area contributed by atoms with Crippen LogP contribution in [0.1, 0.15) is 5.56 Å². The number of ketones is 1. The maximum Gasteiger partial charge on any atom is 0.165 e. The van der Waals surface area contributed by atoms with Crippen molar-refractivity contribution in [2.45, 2.75) is 6.54 Å². The first-order chi connectivity index (χ1) is 9.34. The molecule has 3 rings (SSSR count). The van der Waals surface area contributed by atoms with Gasteiger partial charge in [-0.3, -0.25) is 4.79 Å². The summed E-state index contributed by atoms with van der Waals surface area (Å²) < 4.78 is 1.53. The lowest BCUT2D eigenvalue weighted by atomic mass is 9.94. The van der Waals surface area contributed by atoms with E-state index in [0.717, 1.165) is 11.3 Å². The zero-order valence-electron chi connectivity index (χ0n) is 10.2. The van der Waals surface area contributed by atoms with Crippen molar-refractivity contribution in [3.63, 3.8) is 0 Å². The number of Topliss-reactive ketones (excluding diaryl/α,β-unsaturated/α-hetero) is 1. The minimum absolute atomic E-state index is 0.0816. The van der Waals surface area contributed by atoms with E-state index in [-0.39, 0.29) is 18.2 Å². The molecule has 0 bridgehead atoms. The van der Waals surface area contributed by atoms with Crippen LogP contribution in [0.5, 0.6) is 0 Å². The minimum Gasteiger partial charge on any atom is -0.309 e. The highest BCUT2D eigenvalue weighted by Crippen LogP contribution is 2.15. The predicted molar refractivity (Wildman–Crippen MR) is 69.5 cm³/mol. The molecule has 96 valence electrons. The smallest absolute Gasteiger partial charge is 0.165 e. The van der Waals surface area contributed by atoms with Crippen LogP contribution in [0.2, 0.25) is 0 Å². The van der Waals surface area contributed by atoms with Gasteiger partial charge < -0.3 is 5.43 Å². The van der Waals surface area contributed by atoms with Crippen LogP contribution < -0.4 is 5.43 Å². The van der Waals surface area contributed by atoms with Gasteiger partial charge >= 0.3 is 0 Å². The van der Waals surface area contributed by atoms with Gasteiger partial charge in [-0.05, 0) is 5.56 Å². The summed E-state index contributed by atoms with van der Waals surface area (Å²) in [6, 6.07) is 9.74. The molecule has 1 aromatic heterocycles. The van der Waals surface area contributed by atoms with Crippen molar-refractivity contribution in [3.8, 4) is 0 Å². The lowest BCUT2D eigenvalue weighted by Crippen LogP contribution is -2.29. The Bertz CT molecular complexity index is 591. The molecule has 0 fully saturated rings. The normalized spacial score (nSPS) is 17.9. The van der Waals surface area contributed by atoms with Crippen molar-refractivity contribution in [2.75, 3.05) is 6.54 Å². The lowest BCUT2D eigenvalue weighted by molar-refractivity contribution is -0.121. The predicted octanol–water partition coefficient (Wildman–Crippen LogP) is 0.471. The number of rotatable bonds is 4. The van der Waals surface area contributed by atoms with Crippen molar-refractivity contribution in [3.05, 3.63) is 48.5 Å². The average molecular weight is 255 g/mol. The molecule has 2 heterocycles. The maximum absolute atomic E-state index is 12.3. The monoisotopic (exact) mass is 255 g/mol. The third-order valence-electron chi connectivity index (χ3n) is 3.07. The molecule has 6 heteroatoms. The molecule has 0 saturated carbocycles. The van der Waals surface area contributed by atoms with Gasteiger partial charge in [0.25, 0.3) is 0 Å². The number of carbonyl (C=O) groups is 1. The first-order valence-corrected chi connectivity index (χ1v) is 6.05. The van der Waals surface area contributed by atoms with Crippen LogP contribution in [0.4, 0.5) is 0 Å². The van der Waals surface area contributed by atoms with Gasteiger partial charge in [-0.25, -0.2) is 9.67 Å². The fourth-order valence-electron chi connectivity index (χ4n) is 2.12. The summed E-state index contributed by atoms with van der Waals surface area (Å²) in [6.07, 6.45) is 2.96. The van der Waals surface area contributed by atoms with E-state index in [4.69, 9.17) is 0 Å². The molecular weight excluding hydrogens is 242 g/mol. The molecule has 6 nitrogen and oxygen atoms in total. The number of hydrogen-bond acceptors (Lipinski definition) is 5. The topological polar surface area (TPSA) is 72.2 Å². The third kappa shape index (κ3) is 2.37. The van der Waals surface area contributed by atoms with Crippen molar-refractivity contribution >= 4 is 11.5 Å². The molecule has 1 aromatic carbocycles. The van der Waals surface area contributed by atoms with Gasteiger partial charge in [0.2, 0.25) is 0 Å². The van der Waals surface area contributed by atoms with E-state index >= 15 is 0 Å². The van der Waals surface area contributed by atoms with Gasteiger partial charge in [0.05, 0.1) is 11.6 Å². The zero-order chi connectivity index (χ0) is 13.1. The lowest BCUT2D eigenvalue weighted by Gasteiger charge is -2.10. The highest BCUT2D eigenvalue weighted by molar-refractivity contribution is 6.14. The first-order valence-electron chi connectivity index (χ1n) is 6.05. The van der Waals surface area contributed by atoms with Crippen LogP contribution in [0.15, 0.2) is 48.1 Å². The highest BCUT2D eigenvalue weighted by atomic mass is 16.1. The first kappa shape index (κ1) is 11.6. The Morgan fingerprint density at radius 1 is 1.37 bits per heavy atom. The SMILES string of the molecule is O=C(Cn1cncn1)C1CNN=C1c1ccccc1. The van der Waals surface area contributed by atoms with E-state index in [0.29, 0.717) is 6.54 Å². The molecule has 1 aliphatic rings. The van der Waals surface area contributed by atoms with Crippen LogP contribution in [0.3, 0.4) is 0 Å². The van der Waals surface area contributed by atoms with Crippen molar-refractivity contribution in [1.29, 1.82) is 0 Å².